The monoisotopic (exact) mass is 389 g/mol. The first kappa shape index (κ1) is 19.0. The van der Waals surface area contributed by atoms with Crippen molar-refractivity contribution in [3.8, 4) is 5.88 Å². The Labute approximate surface area is 149 Å². The molecule has 1 fully saturated rings. The smallest absolute Gasteiger partial charge is 0.319 e. The first-order valence-electron chi connectivity index (χ1n) is 8.01. The van der Waals surface area contributed by atoms with Gasteiger partial charge < -0.3 is 24.3 Å². The van der Waals surface area contributed by atoms with Gasteiger partial charge in [-0.2, -0.15) is 9.97 Å². The van der Waals surface area contributed by atoms with Crippen LogP contribution in [0.25, 0.3) is 11.2 Å². The second-order valence-corrected chi connectivity index (χ2v) is 7.13. The predicted octanol–water partition coefficient (Wildman–Crippen LogP) is 1.87. The molecule has 3 heterocycles. The largest absolute Gasteiger partial charge is 0.476 e. The first-order valence-corrected chi connectivity index (χ1v) is 9.23. The van der Waals surface area contributed by atoms with Gasteiger partial charge in [0, 0.05) is 7.11 Å². The van der Waals surface area contributed by atoms with Crippen molar-refractivity contribution in [1.82, 2.24) is 19.5 Å². The highest BCUT2D eigenvalue weighted by molar-refractivity contribution is 7.33. The molecular formula is C14H21FN5O5P. The van der Waals surface area contributed by atoms with Crippen LogP contribution < -0.4 is 10.5 Å². The van der Waals surface area contributed by atoms with Crippen molar-refractivity contribution in [3.63, 3.8) is 0 Å². The lowest BCUT2D eigenvalue weighted by atomic mass is 9.99. The molecule has 0 aliphatic carbocycles. The fourth-order valence-corrected chi connectivity index (χ4v) is 3.75. The summed E-state index contributed by atoms with van der Waals surface area (Å²) >= 11 is 0. The van der Waals surface area contributed by atoms with Crippen molar-refractivity contribution in [1.29, 1.82) is 0 Å². The van der Waals surface area contributed by atoms with Gasteiger partial charge in [0.05, 0.1) is 19.0 Å². The summed E-state index contributed by atoms with van der Waals surface area (Å²) in [4.78, 5) is 12.3. The number of ether oxygens (including phenoxy) is 2. The minimum Gasteiger partial charge on any atom is -0.476 e. The summed E-state index contributed by atoms with van der Waals surface area (Å²) < 4.78 is 49.6. The van der Waals surface area contributed by atoms with Crippen LogP contribution in [0.1, 0.15) is 27.0 Å². The van der Waals surface area contributed by atoms with Crippen LogP contribution in [0.2, 0.25) is 0 Å². The second kappa shape index (κ2) is 7.07. The van der Waals surface area contributed by atoms with Crippen LogP contribution in [0.15, 0.2) is 6.33 Å². The Balaban J connectivity index is 2.02. The summed E-state index contributed by atoms with van der Waals surface area (Å²) in [5.41, 5.74) is 4.30. The minimum atomic E-state index is -2.83. The molecule has 10 nitrogen and oxygen atoms in total. The van der Waals surface area contributed by atoms with E-state index in [4.69, 9.17) is 19.7 Å². The number of halogens is 1. The van der Waals surface area contributed by atoms with Gasteiger partial charge in [-0.1, -0.05) is 0 Å². The van der Waals surface area contributed by atoms with Crippen LogP contribution in [0, 0.1) is 0 Å². The summed E-state index contributed by atoms with van der Waals surface area (Å²) in [5.74, 6) is 0.170. The number of fused-ring (bicyclic) bond motifs is 1. The Morgan fingerprint density at radius 1 is 1.50 bits per heavy atom. The fraction of sp³-hybridized carbons (Fsp3) is 0.643. The van der Waals surface area contributed by atoms with Crippen molar-refractivity contribution in [2.45, 2.75) is 44.9 Å². The molecule has 0 amide bonds. The van der Waals surface area contributed by atoms with Crippen LogP contribution >= 0.6 is 8.25 Å². The van der Waals surface area contributed by atoms with Crippen molar-refractivity contribution in [3.05, 3.63) is 6.33 Å². The number of aromatic nitrogens is 4. The number of alkyl halides is 1. The average molecular weight is 389 g/mol. The van der Waals surface area contributed by atoms with Crippen molar-refractivity contribution in [2.75, 3.05) is 19.5 Å². The van der Waals surface area contributed by atoms with Crippen LogP contribution in [0.4, 0.5) is 10.3 Å². The van der Waals surface area contributed by atoms with E-state index < -0.39 is 32.4 Å². The molecule has 2 aromatic rings. The maximum atomic E-state index is 15.5. The SMILES string of the molecule is CCOc1nc(N)nc2c1ncn2[C@@H]1O[C@H](C)[C@@H](O[PH](=O)OC)[C@@]1(C)F. The number of nitrogens with two attached hydrogens (primary N) is 1. The Kier molecular flexibility index (Phi) is 5.16. The van der Waals surface area contributed by atoms with Crippen molar-refractivity contribution < 1.29 is 27.5 Å². The number of hydrogen-bond acceptors (Lipinski definition) is 9. The summed E-state index contributed by atoms with van der Waals surface area (Å²) in [5, 5.41) is 0. The molecule has 0 aromatic carbocycles. The van der Waals surface area contributed by atoms with Crippen LogP contribution in [-0.2, 0) is 18.3 Å². The highest BCUT2D eigenvalue weighted by atomic mass is 31.1. The van der Waals surface area contributed by atoms with Gasteiger partial charge >= 0.3 is 8.25 Å². The highest BCUT2D eigenvalue weighted by Gasteiger charge is 2.56. The molecule has 12 heteroatoms. The minimum absolute atomic E-state index is 0.0356. The maximum Gasteiger partial charge on any atom is 0.319 e. The molecule has 1 unspecified atom stereocenters. The van der Waals surface area contributed by atoms with E-state index in [9.17, 15) is 4.57 Å². The van der Waals surface area contributed by atoms with Gasteiger partial charge in [-0.15, -0.1) is 0 Å². The Bertz CT molecular complexity index is 831. The number of imidazole rings is 1. The standard InChI is InChI=1S/C14H21FN5O5P/c1-5-23-11-8-10(18-13(16)19-11)20(6-17-8)12-14(3,15)9(7(2)24-12)25-26(21)22-4/h6-7,9,12,26H,5H2,1-4H3,(H2,16,18,19)/t7-,9-,12-,14-/m1/s1. The molecule has 26 heavy (non-hydrogen) atoms. The lowest BCUT2D eigenvalue weighted by molar-refractivity contribution is -0.0416. The molecule has 1 saturated heterocycles. The molecule has 2 N–H and O–H groups in total. The average Bonchev–Trinajstić information content (AvgIpc) is 3.08. The topological polar surface area (TPSA) is 124 Å². The number of hydrogen-bond donors (Lipinski definition) is 1. The van der Waals surface area contributed by atoms with E-state index in [0.29, 0.717) is 12.1 Å². The third-order valence-corrected chi connectivity index (χ3v) is 4.92. The summed E-state index contributed by atoms with van der Waals surface area (Å²) in [6, 6.07) is 0. The van der Waals surface area contributed by atoms with Gasteiger partial charge in [0.1, 0.15) is 6.10 Å². The van der Waals surface area contributed by atoms with Gasteiger partial charge in [0.25, 0.3) is 0 Å². The van der Waals surface area contributed by atoms with E-state index in [2.05, 4.69) is 19.5 Å². The number of nitrogens with zero attached hydrogens (tertiary/aromatic N) is 4. The van der Waals surface area contributed by atoms with E-state index in [1.807, 2.05) is 0 Å². The van der Waals surface area contributed by atoms with Gasteiger partial charge in [-0.05, 0) is 20.8 Å². The zero-order valence-corrected chi connectivity index (χ0v) is 15.8. The second-order valence-electron chi connectivity index (χ2n) is 5.98. The van der Waals surface area contributed by atoms with E-state index in [0.717, 1.165) is 0 Å². The van der Waals surface area contributed by atoms with Crippen LogP contribution in [0.5, 0.6) is 5.88 Å². The quantitative estimate of drug-likeness (QED) is 0.737. The van der Waals surface area contributed by atoms with Crippen LogP contribution in [0.3, 0.4) is 0 Å². The van der Waals surface area contributed by atoms with Gasteiger partial charge in [0.15, 0.2) is 23.1 Å². The summed E-state index contributed by atoms with van der Waals surface area (Å²) in [7, 11) is -1.60. The third kappa shape index (κ3) is 3.16. The molecule has 1 aliphatic rings. The third-order valence-electron chi connectivity index (χ3n) is 4.14. The van der Waals surface area contributed by atoms with Crippen molar-refractivity contribution >= 4 is 25.4 Å². The molecule has 0 spiro atoms. The highest BCUT2D eigenvalue weighted by Crippen LogP contribution is 2.47. The molecule has 0 radical (unpaired) electrons. The number of rotatable bonds is 6. The number of nitrogen functional groups attached to an aromatic ring is 1. The lowest BCUT2D eigenvalue weighted by Crippen LogP contribution is -2.40. The molecule has 3 rings (SSSR count). The zero-order chi connectivity index (χ0) is 19.1. The maximum absolute atomic E-state index is 15.5. The molecular weight excluding hydrogens is 368 g/mol. The predicted molar refractivity (Wildman–Crippen MR) is 90.9 cm³/mol. The Morgan fingerprint density at radius 3 is 2.88 bits per heavy atom. The molecule has 2 aromatic heterocycles. The van der Waals surface area contributed by atoms with Gasteiger partial charge in [0.2, 0.25) is 11.8 Å². The summed E-state index contributed by atoms with van der Waals surface area (Å²) in [6.45, 7) is 5.08. The molecule has 144 valence electrons. The lowest BCUT2D eigenvalue weighted by Gasteiger charge is -2.27. The Hall–Kier alpha value is -1.81. The van der Waals surface area contributed by atoms with E-state index in [1.54, 1.807) is 13.8 Å². The van der Waals surface area contributed by atoms with E-state index in [-0.39, 0.29) is 17.5 Å². The molecule has 1 aliphatic heterocycles. The molecule has 0 saturated carbocycles. The molecule has 0 bridgehead atoms. The Morgan fingerprint density at radius 2 is 2.23 bits per heavy atom. The van der Waals surface area contributed by atoms with Gasteiger partial charge in [-0.3, -0.25) is 9.13 Å². The number of anilines is 1. The molecule has 5 atom stereocenters. The summed E-state index contributed by atoms with van der Waals surface area (Å²) in [6.07, 6.45) is -1.52. The first-order chi connectivity index (χ1) is 12.3. The van der Waals surface area contributed by atoms with Crippen LogP contribution in [-0.4, -0.2) is 51.1 Å². The van der Waals surface area contributed by atoms with E-state index >= 15 is 4.39 Å². The zero-order valence-electron chi connectivity index (χ0n) is 14.8. The fourth-order valence-electron chi connectivity index (χ4n) is 3.02. The van der Waals surface area contributed by atoms with E-state index in [1.165, 1.54) is 24.9 Å². The van der Waals surface area contributed by atoms with Crippen molar-refractivity contribution in [2.24, 2.45) is 0 Å². The normalized spacial score (nSPS) is 30.0. The van der Waals surface area contributed by atoms with Gasteiger partial charge in [-0.25, -0.2) is 9.37 Å².